The first-order valence-electron chi connectivity index (χ1n) is 7.62. The summed E-state index contributed by atoms with van der Waals surface area (Å²) in [5.41, 5.74) is 5.36. The first-order chi connectivity index (χ1) is 11.0. The van der Waals surface area contributed by atoms with Crippen LogP contribution in [-0.2, 0) is 14.6 Å². The normalized spacial score (nSPS) is 13.0. The van der Waals surface area contributed by atoms with E-state index in [0.717, 1.165) is 12.8 Å². The summed E-state index contributed by atoms with van der Waals surface area (Å²) in [5.74, 6) is 0.439. The standard InChI is InChI=1S/C15H22N2O5S.ClH/c16-6-1-2-7-17-15(18)5-10-23(19,20)12-3-4-13-14(11-12)22-9-8-21-13;/h3-4,11H,1-2,5-10,16H2,(H,17,18);1H. The number of hydrogen-bond acceptors (Lipinski definition) is 6. The molecule has 1 aromatic rings. The number of amides is 1. The van der Waals surface area contributed by atoms with Gasteiger partial charge >= 0.3 is 0 Å². The van der Waals surface area contributed by atoms with Crippen LogP contribution in [0.4, 0.5) is 0 Å². The molecule has 7 nitrogen and oxygen atoms in total. The van der Waals surface area contributed by atoms with Gasteiger partial charge in [-0.25, -0.2) is 8.42 Å². The number of ether oxygens (including phenoxy) is 2. The Morgan fingerprint density at radius 2 is 1.88 bits per heavy atom. The molecule has 0 unspecified atom stereocenters. The van der Waals surface area contributed by atoms with E-state index in [0.29, 0.717) is 37.8 Å². The first-order valence-corrected chi connectivity index (χ1v) is 9.27. The van der Waals surface area contributed by atoms with Crippen molar-refractivity contribution in [2.75, 3.05) is 32.1 Å². The SMILES string of the molecule is Cl.NCCCCNC(=O)CCS(=O)(=O)c1ccc2c(c1)OCCO2. The molecule has 1 heterocycles. The number of carbonyl (C=O) groups excluding carboxylic acids is 1. The van der Waals surface area contributed by atoms with Gasteiger partial charge in [0, 0.05) is 19.0 Å². The van der Waals surface area contributed by atoms with Gasteiger partial charge < -0.3 is 20.5 Å². The van der Waals surface area contributed by atoms with Gasteiger partial charge in [-0.2, -0.15) is 0 Å². The van der Waals surface area contributed by atoms with Crippen LogP contribution in [0.3, 0.4) is 0 Å². The number of fused-ring (bicyclic) bond motifs is 1. The fraction of sp³-hybridized carbons (Fsp3) is 0.533. The third-order valence-corrected chi connectivity index (χ3v) is 5.14. The molecule has 1 aromatic carbocycles. The van der Waals surface area contributed by atoms with E-state index in [2.05, 4.69) is 5.32 Å². The minimum atomic E-state index is -3.54. The van der Waals surface area contributed by atoms with Gasteiger partial charge in [0.05, 0.1) is 10.6 Å². The summed E-state index contributed by atoms with van der Waals surface area (Å²) in [6.45, 7) is 1.93. The Morgan fingerprint density at radius 3 is 2.58 bits per heavy atom. The lowest BCUT2D eigenvalue weighted by Gasteiger charge is -2.18. The van der Waals surface area contributed by atoms with E-state index in [9.17, 15) is 13.2 Å². The number of carbonyl (C=O) groups is 1. The van der Waals surface area contributed by atoms with Crippen molar-refractivity contribution in [1.29, 1.82) is 0 Å². The third kappa shape index (κ3) is 5.85. The summed E-state index contributed by atoms with van der Waals surface area (Å²) in [7, 11) is -3.54. The molecule has 0 atom stereocenters. The van der Waals surface area contributed by atoms with Crippen LogP contribution in [0.15, 0.2) is 23.1 Å². The van der Waals surface area contributed by atoms with Crippen LogP contribution >= 0.6 is 12.4 Å². The molecule has 0 spiro atoms. The minimum absolute atomic E-state index is 0. The molecule has 1 aliphatic heterocycles. The van der Waals surface area contributed by atoms with Gasteiger partial charge in [-0.1, -0.05) is 0 Å². The molecule has 1 amide bonds. The number of rotatable bonds is 8. The Balaban J connectivity index is 0.00000288. The number of benzene rings is 1. The molecule has 3 N–H and O–H groups in total. The fourth-order valence-electron chi connectivity index (χ4n) is 2.15. The number of unbranched alkanes of at least 4 members (excludes halogenated alkanes) is 1. The van der Waals surface area contributed by atoms with E-state index < -0.39 is 9.84 Å². The molecular weight excluding hydrogens is 356 g/mol. The van der Waals surface area contributed by atoms with E-state index >= 15 is 0 Å². The second kappa shape index (κ2) is 9.71. The van der Waals surface area contributed by atoms with Gasteiger partial charge in [0.2, 0.25) is 5.91 Å². The van der Waals surface area contributed by atoms with Gasteiger partial charge in [0.15, 0.2) is 21.3 Å². The van der Waals surface area contributed by atoms with Crippen molar-refractivity contribution in [3.05, 3.63) is 18.2 Å². The van der Waals surface area contributed by atoms with Gasteiger partial charge in [0.1, 0.15) is 13.2 Å². The highest BCUT2D eigenvalue weighted by atomic mass is 35.5. The summed E-state index contributed by atoms with van der Waals surface area (Å²) < 4.78 is 35.4. The number of nitrogens with two attached hydrogens (primary N) is 1. The predicted octanol–water partition coefficient (Wildman–Crippen LogP) is 0.898. The van der Waals surface area contributed by atoms with Gasteiger partial charge in [-0.3, -0.25) is 4.79 Å². The summed E-state index contributed by atoms with van der Waals surface area (Å²) in [4.78, 5) is 11.8. The lowest BCUT2D eigenvalue weighted by Crippen LogP contribution is -2.27. The van der Waals surface area contributed by atoms with Crippen LogP contribution in [-0.4, -0.2) is 46.4 Å². The van der Waals surface area contributed by atoms with Gasteiger partial charge in [0.25, 0.3) is 0 Å². The van der Waals surface area contributed by atoms with Crippen molar-refractivity contribution in [3.8, 4) is 11.5 Å². The number of nitrogens with one attached hydrogen (secondary N) is 1. The van der Waals surface area contributed by atoms with E-state index in [4.69, 9.17) is 15.2 Å². The summed E-state index contributed by atoms with van der Waals surface area (Å²) in [6, 6.07) is 4.50. The Labute approximate surface area is 148 Å². The van der Waals surface area contributed by atoms with E-state index in [1.54, 1.807) is 6.07 Å². The highest BCUT2D eigenvalue weighted by Crippen LogP contribution is 2.32. The molecule has 0 aliphatic carbocycles. The van der Waals surface area contributed by atoms with Gasteiger partial charge in [-0.15, -0.1) is 12.4 Å². The first kappa shape index (κ1) is 20.5. The predicted molar refractivity (Wildman–Crippen MR) is 92.6 cm³/mol. The molecule has 0 radical (unpaired) electrons. The van der Waals surface area contributed by atoms with Crippen LogP contribution in [0.1, 0.15) is 19.3 Å². The quantitative estimate of drug-likeness (QED) is 0.651. The van der Waals surface area contributed by atoms with Crippen LogP contribution in [0.25, 0.3) is 0 Å². The molecule has 0 bridgehead atoms. The molecule has 1 aliphatic rings. The molecule has 2 rings (SSSR count). The third-order valence-electron chi connectivity index (χ3n) is 3.42. The Kier molecular flexibility index (Phi) is 8.30. The number of sulfone groups is 1. The largest absolute Gasteiger partial charge is 0.486 e. The van der Waals surface area contributed by atoms with E-state index in [1.165, 1.54) is 12.1 Å². The van der Waals surface area contributed by atoms with Gasteiger partial charge in [-0.05, 0) is 31.5 Å². The monoisotopic (exact) mass is 378 g/mol. The maximum atomic E-state index is 12.3. The molecule has 0 saturated heterocycles. The fourth-order valence-corrected chi connectivity index (χ4v) is 3.40. The van der Waals surface area contributed by atoms with Crippen LogP contribution in [0.2, 0.25) is 0 Å². The lowest BCUT2D eigenvalue weighted by molar-refractivity contribution is -0.120. The summed E-state index contributed by atoms with van der Waals surface area (Å²) in [6.07, 6.45) is 1.55. The van der Waals surface area contributed by atoms with Crippen molar-refractivity contribution in [1.82, 2.24) is 5.32 Å². The average Bonchev–Trinajstić information content (AvgIpc) is 2.56. The van der Waals surface area contributed by atoms with Crippen molar-refractivity contribution in [3.63, 3.8) is 0 Å². The van der Waals surface area contributed by atoms with Crippen molar-refractivity contribution < 1.29 is 22.7 Å². The highest BCUT2D eigenvalue weighted by molar-refractivity contribution is 7.91. The van der Waals surface area contributed by atoms with Crippen molar-refractivity contribution >= 4 is 28.2 Å². The van der Waals surface area contributed by atoms with Crippen molar-refractivity contribution in [2.24, 2.45) is 5.73 Å². The molecule has 0 aromatic heterocycles. The molecule has 136 valence electrons. The Morgan fingerprint density at radius 1 is 1.17 bits per heavy atom. The van der Waals surface area contributed by atoms with Crippen LogP contribution in [0.5, 0.6) is 11.5 Å². The zero-order valence-corrected chi connectivity index (χ0v) is 15.0. The average molecular weight is 379 g/mol. The highest BCUT2D eigenvalue weighted by Gasteiger charge is 2.20. The number of hydrogen-bond donors (Lipinski definition) is 2. The van der Waals surface area contributed by atoms with E-state index in [1.807, 2.05) is 0 Å². The molecule has 0 fully saturated rings. The molecular formula is C15H23ClN2O5S. The second-order valence-electron chi connectivity index (χ2n) is 5.22. The number of halogens is 1. The smallest absolute Gasteiger partial charge is 0.221 e. The summed E-state index contributed by atoms with van der Waals surface area (Å²) in [5, 5.41) is 2.69. The maximum Gasteiger partial charge on any atom is 0.221 e. The maximum absolute atomic E-state index is 12.3. The molecule has 9 heteroatoms. The van der Waals surface area contributed by atoms with E-state index in [-0.39, 0.29) is 35.4 Å². The topological polar surface area (TPSA) is 108 Å². The molecule has 0 saturated carbocycles. The Hall–Kier alpha value is -1.51. The summed E-state index contributed by atoms with van der Waals surface area (Å²) >= 11 is 0. The Bertz CT molecular complexity index is 651. The minimum Gasteiger partial charge on any atom is -0.486 e. The van der Waals surface area contributed by atoms with Crippen LogP contribution < -0.4 is 20.5 Å². The zero-order chi connectivity index (χ0) is 16.7. The van der Waals surface area contributed by atoms with Crippen LogP contribution in [0, 0.1) is 0 Å². The lowest BCUT2D eigenvalue weighted by atomic mass is 10.3. The zero-order valence-electron chi connectivity index (χ0n) is 13.3. The molecule has 24 heavy (non-hydrogen) atoms. The van der Waals surface area contributed by atoms with Crippen molar-refractivity contribution in [2.45, 2.75) is 24.2 Å². The second-order valence-corrected chi connectivity index (χ2v) is 7.33.